The van der Waals surface area contributed by atoms with Crippen molar-refractivity contribution in [3.63, 3.8) is 0 Å². The number of hydrogen-bond acceptors (Lipinski definition) is 5. The smallest absolute Gasteiger partial charge is 0.305 e. The summed E-state index contributed by atoms with van der Waals surface area (Å²) in [5.41, 5.74) is 0. The molecular formula is C72H141NO5. The normalized spacial score (nSPS) is 12.5. The molecule has 0 aromatic carbocycles. The van der Waals surface area contributed by atoms with Gasteiger partial charge in [0, 0.05) is 12.8 Å². The molecule has 0 aliphatic rings. The summed E-state index contributed by atoms with van der Waals surface area (Å²) in [5, 5.41) is 23.4. The summed E-state index contributed by atoms with van der Waals surface area (Å²) in [6.45, 7) is 4.99. The first kappa shape index (κ1) is 76.6. The zero-order valence-corrected chi connectivity index (χ0v) is 53.2. The third-order valence-corrected chi connectivity index (χ3v) is 17.1. The highest BCUT2D eigenvalue weighted by Crippen LogP contribution is 2.19. The molecule has 1 amide bonds. The number of amides is 1. The standard InChI is InChI=1S/C72H141NO5/c1-3-5-7-9-11-13-15-17-19-21-22-23-26-29-33-36-40-44-48-52-56-60-64-70(75)69(68-74)73-71(76)65-61-57-53-49-45-41-37-34-30-27-24-25-28-31-35-39-43-47-51-55-59-63-67-78-72(77)66-62-58-54-50-46-42-38-32-20-18-16-14-12-10-8-6-4-2/h18,20,69-70,74-75H,3-17,19,21-68H2,1-2H3,(H,73,76)/b20-18-. The lowest BCUT2D eigenvalue weighted by atomic mass is 10.0. The Hall–Kier alpha value is -1.40. The van der Waals surface area contributed by atoms with Crippen LogP contribution >= 0.6 is 0 Å². The van der Waals surface area contributed by atoms with Crippen LogP contribution in [0.1, 0.15) is 412 Å². The SMILES string of the molecule is CCCCCCCC/C=C\CCCCCCCCCC(=O)OCCCCCCCCCCCCCCCCCCCCCCCCC(=O)NC(CO)C(O)CCCCCCCCCCCCCCCCCCCCCCCC. The zero-order chi connectivity index (χ0) is 56.4. The number of esters is 1. The van der Waals surface area contributed by atoms with Gasteiger partial charge in [0.25, 0.3) is 0 Å². The second-order valence-corrected chi connectivity index (χ2v) is 24.9. The maximum Gasteiger partial charge on any atom is 0.305 e. The number of nitrogens with one attached hydrogen (secondary N) is 1. The van der Waals surface area contributed by atoms with Crippen molar-refractivity contribution in [2.24, 2.45) is 0 Å². The lowest BCUT2D eigenvalue weighted by Crippen LogP contribution is -2.45. The monoisotopic (exact) mass is 1100 g/mol. The fourth-order valence-corrected chi connectivity index (χ4v) is 11.6. The van der Waals surface area contributed by atoms with Crippen LogP contribution in [0.3, 0.4) is 0 Å². The quantitative estimate of drug-likeness (QED) is 0.0320. The van der Waals surface area contributed by atoms with E-state index in [0.717, 1.165) is 44.9 Å². The fraction of sp³-hybridized carbons (Fsp3) is 0.944. The number of carbonyl (C=O) groups excluding carboxylic acids is 2. The van der Waals surface area contributed by atoms with Crippen LogP contribution in [0.5, 0.6) is 0 Å². The van der Waals surface area contributed by atoms with Crippen molar-refractivity contribution < 1.29 is 24.5 Å². The number of unbranched alkanes of at least 4 members (excludes halogenated alkanes) is 55. The maximum absolute atomic E-state index is 12.6. The lowest BCUT2D eigenvalue weighted by Gasteiger charge is -2.22. The Morgan fingerprint density at radius 3 is 0.910 bits per heavy atom. The molecule has 0 saturated heterocycles. The predicted octanol–water partition coefficient (Wildman–Crippen LogP) is 23.1. The zero-order valence-electron chi connectivity index (χ0n) is 53.2. The largest absolute Gasteiger partial charge is 0.466 e. The Morgan fingerprint density at radius 2 is 0.603 bits per heavy atom. The molecular weight excluding hydrogens is 959 g/mol. The molecule has 0 radical (unpaired) electrons. The third kappa shape index (κ3) is 63.8. The minimum Gasteiger partial charge on any atom is -0.466 e. The molecule has 0 heterocycles. The van der Waals surface area contributed by atoms with E-state index in [4.69, 9.17) is 4.74 Å². The maximum atomic E-state index is 12.6. The number of ether oxygens (including phenoxy) is 1. The molecule has 6 nitrogen and oxygen atoms in total. The van der Waals surface area contributed by atoms with Gasteiger partial charge in [-0.2, -0.15) is 0 Å². The van der Waals surface area contributed by atoms with Crippen LogP contribution in [-0.2, 0) is 14.3 Å². The highest BCUT2D eigenvalue weighted by molar-refractivity contribution is 5.76. The molecule has 464 valence electrons. The summed E-state index contributed by atoms with van der Waals surface area (Å²) in [6, 6.07) is -0.542. The van der Waals surface area contributed by atoms with E-state index in [1.165, 1.54) is 334 Å². The topological polar surface area (TPSA) is 95.9 Å². The van der Waals surface area contributed by atoms with E-state index in [1.54, 1.807) is 0 Å². The van der Waals surface area contributed by atoms with Crippen LogP contribution in [0.25, 0.3) is 0 Å². The first-order valence-corrected chi connectivity index (χ1v) is 35.9. The average molecular weight is 1100 g/mol. The van der Waals surface area contributed by atoms with Crippen molar-refractivity contribution in [2.45, 2.75) is 424 Å². The van der Waals surface area contributed by atoms with Gasteiger partial charge in [-0.1, -0.05) is 360 Å². The molecule has 0 rings (SSSR count). The molecule has 0 aromatic rings. The molecule has 0 saturated carbocycles. The van der Waals surface area contributed by atoms with Gasteiger partial charge in [-0.25, -0.2) is 0 Å². The summed E-state index contributed by atoms with van der Waals surface area (Å²) < 4.78 is 5.50. The van der Waals surface area contributed by atoms with Gasteiger partial charge in [-0.3, -0.25) is 9.59 Å². The molecule has 0 aliphatic carbocycles. The van der Waals surface area contributed by atoms with E-state index in [1.807, 2.05) is 0 Å². The number of carbonyl (C=O) groups is 2. The van der Waals surface area contributed by atoms with Gasteiger partial charge in [0.15, 0.2) is 0 Å². The Kier molecular flexibility index (Phi) is 66.9. The number of aliphatic hydroxyl groups is 2. The summed E-state index contributed by atoms with van der Waals surface area (Å²) in [5.74, 6) is -0.0187. The van der Waals surface area contributed by atoms with Gasteiger partial charge in [0.1, 0.15) is 0 Å². The summed E-state index contributed by atoms with van der Waals surface area (Å²) in [6.07, 6.45) is 84.0. The predicted molar refractivity (Wildman–Crippen MR) is 343 cm³/mol. The van der Waals surface area contributed by atoms with E-state index in [9.17, 15) is 19.8 Å². The van der Waals surface area contributed by atoms with E-state index < -0.39 is 12.1 Å². The van der Waals surface area contributed by atoms with Crippen LogP contribution in [-0.4, -0.2) is 47.4 Å². The molecule has 0 spiro atoms. The number of rotatable bonds is 68. The summed E-state index contributed by atoms with van der Waals surface area (Å²) in [4.78, 5) is 24.7. The molecule has 0 fully saturated rings. The van der Waals surface area contributed by atoms with E-state index in [0.29, 0.717) is 25.9 Å². The minimum absolute atomic E-state index is 0.0113. The number of allylic oxidation sites excluding steroid dienone is 2. The van der Waals surface area contributed by atoms with Crippen LogP contribution in [0.15, 0.2) is 12.2 Å². The molecule has 2 unspecified atom stereocenters. The van der Waals surface area contributed by atoms with E-state index >= 15 is 0 Å². The first-order chi connectivity index (χ1) is 38.5. The second-order valence-electron chi connectivity index (χ2n) is 24.9. The van der Waals surface area contributed by atoms with Gasteiger partial charge >= 0.3 is 5.97 Å². The average Bonchev–Trinajstić information content (AvgIpc) is 3.44. The highest BCUT2D eigenvalue weighted by Gasteiger charge is 2.20. The van der Waals surface area contributed by atoms with Crippen molar-refractivity contribution in [1.82, 2.24) is 5.32 Å². The van der Waals surface area contributed by atoms with Gasteiger partial charge in [0.2, 0.25) is 5.91 Å². The van der Waals surface area contributed by atoms with Crippen LogP contribution in [0.4, 0.5) is 0 Å². The van der Waals surface area contributed by atoms with Crippen molar-refractivity contribution in [3.05, 3.63) is 12.2 Å². The van der Waals surface area contributed by atoms with Gasteiger partial charge in [-0.15, -0.1) is 0 Å². The van der Waals surface area contributed by atoms with Gasteiger partial charge < -0.3 is 20.3 Å². The van der Waals surface area contributed by atoms with Gasteiger partial charge in [-0.05, 0) is 51.4 Å². The van der Waals surface area contributed by atoms with E-state index in [2.05, 4.69) is 31.3 Å². The van der Waals surface area contributed by atoms with Crippen molar-refractivity contribution in [1.29, 1.82) is 0 Å². The van der Waals surface area contributed by atoms with Gasteiger partial charge in [0.05, 0.1) is 25.4 Å². The molecule has 2 atom stereocenters. The third-order valence-electron chi connectivity index (χ3n) is 17.1. The second kappa shape index (κ2) is 68.1. The Bertz CT molecular complexity index is 1180. The number of aliphatic hydroxyl groups excluding tert-OH is 2. The van der Waals surface area contributed by atoms with E-state index in [-0.39, 0.29) is 18.5 Å². The fourth-order valence-electron chi connectivity index (χ4n) is 11.6. The molecule has 0 aromatic heterocycles. The van der Waals surface area contributed by atoms with Crippen molar-refractivity contribution >= 4 is 11.9 Å². The van der Waals surface area contributed by atoms with Crippen LogP contribution in [0.2, 0.25) is 0 Å². The molecule has 0 bridgehead atoms. The summed E-state index contributed by atoms with van der Waals surface area (Å²) >= 11 is 0. The minimum atomic E-state index is -0.665. The van der Waals surface area contributed by atoms with Crippen LogP contribution in [0, 0.1) is 0 Å². The van der Waals surface area contributed by atoms with Crippen molar-refractivity contribution in [2.75, 3.05) is 13.2 Å². The number of hydrogen-bond donors (Lipinski definition) is 3. The molecule has 6 heteroatoms. The Labute approximate surface area is 489 Å². The first-order valence-electron chi connectivity index (χ1n) is 35.9. The molecule has 3 N–H and O–H groups in total. The highest BCUT2D eigenvalue weighted by atomic mass is 16.5. The van der Waals surface area contributed by atoms with Crippen LogP contribution < -0.4 is 5.32 Å². The Balaban J connectivity index is 3.37. The lowest BCUT2D eigenvalue weighted by molar-refractivity contribution is -0.143. The Morgan fingerprint density at radius 1 is 0.346 bits per heavy atom. The molecule has 0 aliphatic heterocycles. The van der Waals surface area contributed by atoms with Crippen molar-refractivity contribution in [3.8, 4) is 0 Å². The molecule has 78 heavy (non-hydrogen) atoms. The summed E-state index contributed by atoms with van der Waals surface area (Å²) in [7, 11) is 0.